The molecule has 2 atom stereocenters. The molecule has 2 aromatic rings. The molecule has 0 unspecified atom stereocenters. The summed E-state index contributed by atoms with van der Waals surface area (Å²) in [6.45, 7) is 4.14. The van der Waals surface area contributed by atoms with E-state index in [2.05, 4.69) is 13.8 Å². The molecule has 2 saturated carbocycles. The summed E-state index contributed by atoms with van der Waals surface area (Å²) in [7, 11) is -3.58. The number of ketones is 1. The average Bonchev–Trinajstić information content (AvgIpc) is 3.07. The van der Waals surface area contributed by atoms with Crippen LogP contribution < -0.4 is 0 Å². The van der Waals surface area contributed by atoms with Crippen molar-refractivity contribution in [2.45, 2.75) is 33.1 Å². The molecule has 0 N–H and O–H groups in total. The SMILES string of the molecule is CC1(C)[C@@H]2CC[C@@]1(CS(=O)(=O)n1ccc3ccccc31)C(=O)C2. The molecule has 4 rings (SSSR count). The Bertz CT molecular complexity index is 909. The number of Topliss-reactive ketones (excluding diaryl/α,β-unsaturated/α-hetero) is 1. The zero-order valence-corrected chi connectivity index (χ0v) is 14.3. The summed E-state index contributed by atoms with van der Waals surface area (Å²) in [5.74, 6) is 0.381. The Kier molecular flexibility index (Phi) is 2.90. The van der Waals surface area contributed by atoms with Gasteiger partial charge in [-0.25, -0.2) is 12.4 Å². The minimum Gasteiger partial charge on any atom is -0.299 e. The highest BCUT2D eigenvalue weighted by molar-refractivity contribution is 7.90. The van der Waals surface area contributed by atoms with E-state index in [0.29, 0.717) is 24.3 Å². The Morgan fingerprint density at radius 1 is 1.22 bits per heavy atom. The van der Waals surface area contributed by atoms with Crippen LogP contribution in [0, 0.1) is 16.7 Å². The Balaban J connectivity index is 1.80. The third-order valence-corrected chi connectivity index (χ3v) is 8.21. The fraction of sp³-hybridized carbons (Fsp3) is 0.500. The lowest BCUT2D eigenvalue weighted by Gasteiger charge is -2.36. The smallest absolute Gasteiger partial charge is 0.239 e. The lowest BCUT2D eigenvalue weighted by molar-refractivity contribution is -0.128. The maximum absolute atomic E-state index is 13.1. The van der Waals surface area contributed by atoms with E-state index in [4.69, 9.17) is 0 Å². The van der Waals surface area contributed by atoms with E-state index in [1.54, 1.807) is 6.20 Å². The van der Waals surface area contributed by atoms with Crippen molar-refractivity contribution in [3.8, 4) is 0 Å². The quantitative estimate of drug-likeness (QED) is 0.868. The molecule has 0 radical (unpaired) electrons. The summed E-state index contributed by atoms with van der Waals surface area (Å²) >= 11 is 0. The first-order valence-electron chi connectivity index (χ1n) is 8.11. The summed E-state index contributed by atoms with van der Waals surface area (Å²) < 4.78 is 27.5. The highest BCUT2D eigenvalue weighted by Gasteiger charge is 2.65. The van der Waals surface area contributed by atoms with Gasteiger partial charge in [-0.05, 0) is 36.3 Å². The van der Waals surface area contributed by atoms with Crippen molar-refractivity contribution >= 4 is 26.7 Å². The van der Waals surface area contributed by atoms with Gasteiger partial charge < -0.3 is 0 Å². The minimum absolute atomic E-state index is 0.0823. The predicted octanol–water partition coefficient (Wildman–Crippen LogP) is 3.21. The molecule has 0 spiro atoms. The summed E-state index contributed by atoms with van der Waals surface area (Å²) in [5, 5.41) is 0.898. The van der Waals surface area contributed by atoms with Crippen LogP contribution in [0.25, 0.3) is 10.9 Å². The Morgan fingerprint density at radius 2 is 1.96 bits per heavy atom. The number of carbonyl (C=O) groups excluding carboxylic acids is 1. The molecule has 2 aliphatic rings. The maximum Gasteiger partial charge on any atom is 0.239 e. The van der Waals surface area contributed by atoms with Crippen molar-refractivity contribution in [3.63, 3.8) is 0 Å². The monoisotopic (exact) mass is 331 g/mol. The molecule has 2 bridgehead atoms. The molecule has 1 heterocycles. The van der Waals surface area contributed by atoms with Gasteiger partial charge in [0.15, 0.2) is 0 Å². The lowest BCUT2D eigenvalue weighted by Crippen LogP contribution is -2.43. The summed E-state index contributed by atoms with van der Waals surface area (Å²) in [4.78, 5) is 12.6. The van der Waals surface area contributed by atoms with Gasteiger partial charge >= 0.3 is 0 Å². The first-order chi connectivity index (χ1) is 10.8. The zero-order valence-electron chi connectivity index (χ0n) is 13.5. The molecule has 2 aliphatic carbocycles. The number of aromatic nitrogens is 1. The Hall–Kier alpha value is -1.62. The van der Waals surface area contributed by atoms with Crippen molar-refractivity contribution in [3.05, 3.63) is 36.5 Å². The highest BCUT2D eigenvalue weighted by Crippen LogP contribution is 2.64. The number of hydrogen-bond acceptors (Lipinski definition) is 3. The molecular formula is C18H21NO3S. The molecule has 1 aromatic heterocycles. The summed E-state index contributed by atoms with van der Waals surface area (Å²) in [6, 6.07) is 9.25. The number of hydrogen-bond donors (Lipinski definition) is 0. The van der Waals surface area contributed by atoms with Crippen LogP contribution in [0.1, 0.15) is 33.1 Å². The van der Waals surface area contributed by atoms with Gasteiger partial charge in [-0.15, -0.1) is 0 Å². The van der Waals surface area contributed by atoms with E-state index in [9.17, 15) is 13.2 Å². The molecule has 0 aliphatic heterocycles. The molecule has 4 nitrogen and oxygen atoms in total. The molecule has 0 saturated heterocycles. The third-order valence-electron chi connectivity index (χ3n) is 6.43. The third kappa shape index (κ3) is 1.83. The van der Waals surface area contributed by atoms with Crippen LogP contribution in [0.4, 0.5) is 0 Å². The van der Waals surface area contributed by atoms with Crippen LogP contribution in [0.5, 0.6) is 0 Å². The van der Waals surface area contributed by atoms with Crippen LogP contribution in [0.2, 0.25) is 0 Å². The standard InChI is InChI=1S/C18H21NO3S/c1-17(2)14-7-9-18(17,16(20)11-14)12-23(21,22)19-10-8-13-5-3-4-6-15(13)19/h3-6,8,10,14H,7,9,11-12H2,1-2H3/t14-,18-/m1/s1. The van der Waals surface area contributed by atoms with Gasteiger partial charge in [0.2, 0.25) is 10.0 Å². The van der Waals surface area contributed by atoms with Gasteiger partial charge in [0.1, 0.15) is 5.78 Å². The van der Waals surface area contributed by atoms with Crippen LogP contribution in [-0.2, 0) is 14.8 Å². The fourth-order valence-corrected chi connectivity index (χ4v) is 6.94. The second-order valence-electron chi connectivity index (χ2n) is 7.59. The average molecular weight is 331 g/mol. The number of rotatable bonds is 3. The van der Waals surface area contributed by atoms with Crippen molar-refractivity contribution in [1.29, 1.82) is 0 Å². The van der Waals surface area contributed by atoms with Gasteiger partial charge in [-0.2, -0.15) is 0 Å². The highest BCUT2D eigenvalue weighted by atomic mass is 32.2. The Morgan fingerprint density at radius 3 is 2.61 bits per heavy atom. The molecule has 1 aromatic carbocycles. The second kappa shape index (κ2) is 4.47. The normalized spacial score (nSPS) is 29.5. The molecule has 0 amide bonds. The second-order valence-corrected chi connectivity index (χ2v) is 9.44. The molecular weight excluding hydrogens is 310 g/mol. The number of nitrogens with zero attached hydrogens (tertiary/aromatic N) is 1. The van der Waals surface area contributed by atoms with E-state index in [0.717, 1.165) is 11.8 Å². The maximum atomic E-state index is 13.1. The fourth-order valence-electron chi connectivity index (χ4n) is 4.79. The van der Waals surface area contributed by atoms with Crippen molar-refractivity contribution in [1.82, 2.24) is 3.97 Å². The van der Waals surface area contributed by atoms with E-state index < -0.39 is 15.4 Å². The molecule has 122 valence electrons. The van der Waals surface area contributed by atoms with Crippen LogP contribution in [0.15, 0.2) is 36.5 Å². The molecule has 23 heavy (non-hydrogen) atoms. The van der Waals surface area contributed by atoms with Crippen LogP contribution in [0.3, 0.4) is 0 Å². The summed E-state index contributed by atoms with van der Waals surface area (Å²) in [5.41, 5.74) is -0.274. The van der Waals surface area contributed by atoms with E-state index >= 15 is 0 Å². The summed E-state index contributed by atoms with van der Waals surface area (Å²) in [6.07, 6.45) is 3.80. The van der Waals surface area contributed by atoms with Gasteiger partial charge in [-0.3, -0.25) is 4.79 Å². The predicted molar refractivity (Wildman–Crippen MR) is 89.7 cm³/mol. The van der Waals surface area contributed by atoms with E-state index in [1.165, 1.54) is 3.97 Å². The van der Waals surface area contributed by atoms with E-state index in [1.807, 2.05) is 30.3 Å². The first kappa shape index (κ1) is 14.9. The minimum atomic E-state index is -3.58. The van der Waals surface area contributed by atoms with Gasteiger partial charge in [-0.1, -0.05) is 32.0 Å². The van der Waals surface area contributed by atoms with Crippen LogP contribution in [-0.4, -0.2) is 23.9 Å². The molecule has 5 heteroatoms. The first-order valence-corrected chi connectivity index (χ1v) is 9.71. The number of carbonyl (C=O) groups is 1. The van der Waals surface area contributed by atoms with Gasteiger partial charge in [0, 0.05) is 18.0 Å². The van der Waals surface area contributed by atoms with Crippen molar-refractivity contribution in [2.24, 2.45) is 16.7 Å². The van der Waals surface area contributed by atoms with Gasteiger partial charge in [0.05, 0.1) is 16.7 Å². The number of fused-ring (bicyclic) bond motifs is 3. The van der Waals surface area contributed by atoms with Crippen LogP contribution >= 0.6 is 0 Å². The van der Waals surface area contributed by atoms with Gasteiger partial charge in [0.25, 0.3) is 0 Å². The number of para-hydroxylation sites is 1. The van der Waals surface area contributed by atoms with Crippen molar-refractivity contribution in [2.75, 3.05) is 5.75 Å². The number of benzene rings is 1. The largest absolute Gasteiger partial charge is 0.299 e. The topological polar surface area (TPSA) is 56.1 Å². The Labute approximate surface area is 136 Å². The lowest BCUT2D eigenvalue weighted by atomic mass is 9.70. The zero-order chi connectivity index (χ0) is 16.5. The van der Waals surface area contributed by atoms with Crippen molar-refractivity contribution < 1.29 is 13.2 Å². The molecule has 2 fully saturated rings. The van der Waals surface area contributed by atoms with E-state index in [-0.39, 0.29) is 17.0 Å².